The van der Waals surface area contributed by atoms with E-state index in [1.165, 1.54) is 0 Å². The van der Waals surface area contributed by atoms with E-state index in [0.717, 1.165) is 29.7 Å². The topological polar surface area (TPSA) is 70.6 Å². The fourth-order valence-electron chi connectivity index (χ4n) is 2.42. The molecule has 0 saturated heterocycles. The van der Waals surface area contributed by atoms with Crippen LogP contribution in [0.25, 0.3) is 0 Å². The van der Waals surface area contributed by atoms with E-state index in [9.17, 15) is 9.90 Å². The molecule has 0 fully saturated rings. The van der Waals surface area contributed by atoms with Gasteiger partial charge in [-0.2, -0.15) is 0 Å². The van der Waals surface area contributed by atoms with Gasteiger partial charge in [0.25, 0.3) is 0 Å². The van der Waals surface area contributed by atoms with Crippen LogP contribution >= 0.6 is 0 Å². The Hall–Kier alpha value is -2.69. The summed E-state index contributed by atoms with van der Waals surface area (Å²) in [5, 5.41) is 15.0. The van der Waals surface area contributed by atoms with E-state index >= 15 is 0 Å². The monoisotopic (exact) mass is 328 g/mol. The van der Waals surface area contributed by atoms with Crippen LogP contribution in [0.15, 0.2) is 48.5 Å². The number of hydrogen-bond acceptors (Lipinski definition) is 3. The van der Waals surface area contributed by atoms with Crippen molar-refractivity contribution in [3.63, 3.8) is 0 Å². The fraction of sp³-hybridized carbons (Fsp3) is 0.316. The van der Waals surface area contributed by atoms with Crippen LogP contribution in [0.2, 0.25) is 0 Å². The van der Waals surface area contributed by atoms with E-state index < -0.39 is 0 Å². The highest BCUT2D eigenvalue weighted by Gasteiger charge is 2.08. The predicted octanol–water partition coefficient (Wildman–Crippen LogP) is 3.22. The number of nitrogens with one attached hydrogen (secondary N) is 2. The second-order valence-electron chi connectivity index (χ2n) is 5.75. The van der Waals surface area contributed by atoms with Crippen molar-refractivity contribution in [1.29, 1.82) is 0 Å². The molecule has 0 aliphatic carbocycles. The van der Waals surface area contributed by atoms with Crippen LogP contribution in [0.5, 0.6) is 11.5 Å². The van der Waals surface area contributed by atoms with Crippen LogP contribution in [0.3, 0.4) is 0 Å². The molecule has 0 spiro atoms. The number of ether oxygens (including phenoxy) is 1. The van der Waals surface area contributed by atoms with Crippen molar-refractivity contribution in [3.05, 3.63) is 59.7 Å². The molecule has 2 amide bonds. The molecule has 1 atom stereocenters. The van der Waals surface area contributed by atoms with Crippen molar-refractivity contribution in [2.75, 3.05) is 7.11 Å². The van der Waals surface area contributed by atoms with Crippen LogP contribution in [-0.2, 0) is 13.0 Å². The van der Waals surface area contributed by atoms with Gasteiger partial charge in [-0.1, -0.05) is 30.3 Å². The molecule has 2 rings (SSSR count). The maximum atomic E-state index is 12.0. The maximum Gasteiger partial charge on any atom is 0.315 e. The van der Waals surface area contributed by atoms with Crippen LogP contribution in [0, 0.1) is 0 Å². The van der Waals surface area contributed by atoms with Crippen LogP contribution in [0.1, 0.15) is 24.5 Å². The number of phenols is 1. The summed E-state index contributed by atoms with van der Waals surface area (Å²) in [6.45, 7) is 2.39. The number of phenolic OH excluding ortho intramolecular Hbond substituents is 1. The van der Waals surface area contributed by atoms with Crippen molar-refractivity contribution in [3.8, 4) is 11.5 Å². The molecule has 0 heterocycles. The predicted molar refractivity (Wildman–Crippen MR) is 94.3 cm³/mol. The molecule has 3 N–H and O–H groups in total. The minimum Gasteiger partial charge on any atom is -0.508 e. The Balaban J connectivity index is 1.74. The van der Waals surface area contributed by atoms with Gasteiger partial charge in [-0.25, -0.2) is 4.79 Å². The highest BCUT2D eigenvalue weighted by Crippen LogP contribution is 2.16. The molecule has 0 aromatic heterocycles. The van der Waals surface area contributed by atoms with Gasteiger partial charge in [0, 0.05) is 18.2 Å². The number of methoxy groups -OCH3 is 1. The molecule has 0 saturated carbocycles. The maximum absolute atomic E-state index is 12.0. The summed E-state index contributed by atoms with van der Waals surface area (Å²) in [5.74, 6) is 1.03. The molecule has 128 valence electrons. The molecular formula is C19H24N2O3. The van der Waals surface area contributed by atoms with Gasteiger partial charge in [0.1, 0.15) is 11.5 Å². The fourth-order valence-corrected chi connectivity index (χ4v) is 2.42. The molecule has 0 aliphatic heterocycles. The van der Waals surface area contributed by atoms with Crippen molar-refractivity contribution in [2.24, 2.45) is 0 Å². The summed E-state index contributed by atoms with van der Waals surface area (Å²) in [5.41, 5.74) is 2.07. The molecule has 5 heteroatoms. The van der Waals surface area contributed by atoms with E-state index in [1.54, 1.807) is 19.2 Å². The lowest BCUT2D eigenvalue weighted by Gasteiger charge is -2.15. The number of carbonyl (C=O) groups is 1. The first-order valence-electron chi connectivity index (χ1n) is 8.02. The molecule has 5 nitrogen and oxygen atoms in total. The van der Waals surface area contributed by atoms with Crippen molar-refractivity contribution >= 4 is 6.03 Å². The second kappa shape index (κ2) is 8.82. The second-order valence-corrected chi connectivity index (χ2v) is 5.75. The van der Waals surface area contributed by atoms with Crippen molar-refractivity contribution in [1.82, 2.24) is 10.6 Å². The minimum absolute atomic E-state index is 0.0523. The number of aryl methyl sites for hydroxylation is 1. The summed E-state index contributed by atoms with van der Waals surface area (Å²) in [6.07, 6.45) is 1.67. The van der Waals surface area contributed by atoms with Gasteiger partial charge in [0.2, 0.25) is 0 Å². The molecular weight excluding hydrogens is 304 g/mol. The number of urea groups is 1. The Morgan fingerprint density at radius 3 is 2.58 bits per heavy atom. The first kappa shape index (κ1) is 17.7. The summed E-state index contributed by atoms with van der Waals surface area (Å²) < 4.78 is 5.27. The van der Waals surface area contributed by atoms with E-state index in [-0.39, 0.29) is 17.8 Å². The number of amides is 2. The standard InChI is InChI=1S/C19H24N2O3/c1-14(7-8-15-9-11-17(22)12-10-15)21-19(23)20-13-16-5-3-4-6-18(16)24-2/h3-6,9-12,14,22H,7-8,13H2,1-2H3,(H2,20,21,23)/t14-/m1/s1. The minimum atomic E-state index is -0.195. The highest BCUT2D eigenvalue weighted by atomic mass is 16.5. The Labute approximate surface area is 142 Å². The van der Waals surface area contributed by atoms with Crippen LogP contribution in [-0.4, -0.2) is 24.3 Å². The van der Waals surface area contributed by atoms with Gasteiger partial charge < -0.3 is 20.5 Å². The molecule has 0 radical (unpaired) electrons. The number of carbonyl (C=O) groups excluding carboxylic acids is 1. The lowest BCUT2D eigenvalue weighted by Crippen LogP contribution is -2.40. The van der Waals surface area contributed by atoms with E-state index in [1.807, 2.05) is 43.3 Å². The zero-order valence-corrected chi connectivity index (χ0v) is 14.1. The normalized spacial score (nSPS) is 11.6. The number of hydrogen-bond donors (Lipinski definition) is 3. The third kappa shape index (κ3) is 5.50. The number of aromatic hydroxyl groups is 1. The summed E-state index contributed by atoms with van der Waals surface area (Å²) in [7, 11) is 1.62. The first-order chi connectivity index (χ1) is 11.6. The van der Waals surface area contributed by atoms with Gasteiger partial charge in [-0.3, -0.25) is 0 Å². The average Bonchev–Trinajstić information content (AvgIpc) is 2.59. The van der Waals surface area contributed by atoms with E-state index in [4.69, 9.17) is 4.74 Å². The average molecular weight is 328 g/mol. The van der Waals surface area contributed by atoms with E-state index in [0.29, 0.717) is 6.54 Å². The van der Waals surface area contributed by atoms with Crippen LogP contribution < -0.4 is 15.4 Å². The molecule has 24 heavy (non-hydrogen) atoms. The largest absolute Gasteiger partial charge is 0.508 e. The zero-order chi connectivity index (χ0) is 17.4. The molecule has 0 aliphatic rings. The third-order valence-electron chi connectivity index (χ3n) is 3.81. The highest BCUT2D eigenvalue weighted by molar-refractivity contribution is 5.74. The zero-order valence-electron chi connectivity index (χ0n) is 14.1. The Morgan fingerprint density at radius 2 is 1.88 bits per heavy atom. The summed E-state index contributed by atoms with van der Waals surface area (Å²) in [6, 6.07) is 14.6. The summed E-state index contributed by atoms with van der Waals surface area (Å²) >= 11 is 0. The number of benzene rings is 2. The SMILES string of the molecule is COc1ccccc1CNC(=O)N[C@H](C)CCc1ccc(O)cc1. The Morgan fingerprint density at radius 1 is 1.17 bits per heavy atom. The lowest BCUT2D eigenvalue weighted by molar-refractivity contribution is 0.236. The molecule has 2 aromatic carbocycles. The Bertz CT molecular complexity index is 656. The lowest BCUT2D eigenvalue weighted by atomic mass is 10.1. The quantitative estimate of drug-likeness (QED) is 0.731. The van der Waals surface area contributed by atoms with Crippen molar-refractivity contribution in [2.45, 2.75) is 32.4 Å². The third-order valence-corrected chi connectivity index (χ3v) is 3.81. The van der Waals surface area contributed by atoms with Crippen molar-refractivity contribution < 1.29 is 14.6 Å². The molecule has 0 bridgehead atoms. The van der Waals surface area contributed by atoms with Crippen LogP contribution in [0.4, 0.5) is 4.79 Å². The van der Waals surface area contributed by atoms with Gasteiger partial charge >= 0.3 is 6.03 Å². The van der Waals surface area contributed by atoms with Gasteiger partial charge in [0.15, 0.2) is 0 Å². The van der Waals surface area contributed by atoms with Gasteiger partial charge in [0.05, 0.1) is 7.11 Å². The molecule has 2 aromatic rings. The number of rotatable bonds is 7. The van der Waals surface area contributed by atoms with Gasteiger partial charge in [-0.05, 0) is 43.5 Å². The smallest absolute Gasteiger partial charge is 0.315 e. The Kier molecular flexibility index (Phi) is 6.49. The number of para-hydroxylation sites is 1. The van der Waals surface area contributed by atoms with E-state index in [2.05, 4.69) is 10.6 Å². The van der Waals surface area contributed by atoms with Gasteiger partial charge in [-0.15, -0.1) is 0 Å². The molecule has 0 unspecified atom stereocenters. The summed E-state index contributed by atoms with van der Waals surface area (Å²) in [4.78, 5) is 12.0. The first-order valence-corrected chi connectivity index (χ1v) is 8.02.